The van der Waals surface area contributed by atoms with E-state index in [0.29, 0.717) is 0 Å². The molecule has 0 aliphatic carbocycles. The number of hydrogen-bond donors (Lipinski definition) is 0. The molecule has 0 spiro atoms. The zero-order valence-corrected chi connectivity index (χ0v) is 12.8. The van der Waals surface area contributed by atoms with Gasteiger partial charge in [0.1, 0.15) is 0 Å². The van der Waals surface area contributed by atoms with Gasteiger partial charge in [0.05, 0.1) is 0 Å². The summed E-state index contributed by atoms with van der Waals surface area (Å²) in [5.41, 5.74) is 3.14. The van der Waals surface area contributed by atoms with Crippen LogP contribution in [-0.4, -0.2) is 0 Å². The number of fused-ring (bicyclic) bond motifs is 1. The molecule has 0 saturated carbocycles. The fourth-order valence-corrected chi connectivity index (χ4v) is 2.65. The zero-order chi connectivity index (χ0) is 15.6. The van der Waals surface area contributed by atoms with Crippen LogP contribution >= 0.6 is 0 Å². The molecule has 0 N–H and O–H groups in total. The normalized spacial score (nSPS) is 13.1. The number of aryl methyl sites for hydroxylation is 1. The predicted octanol–water partition coefficient (Wildman–Crippen LogP) is 5.29. The van der Waals surface area contributed by atoms with E-state index in [2.05, 4.69) is 0 Å². The molecule has 3 aromatic carbocycles. The SMILES string of the molecule is Cc1ccc2c(c1)OC(c1ccccc1)=C(c1ccccc1)O2. The molecule has 0 unspecified atom stereocenters. The molecule has 0 fully saturated rings. The second-order valence-electron chi connectivity index (χ2n) is 5.54. The van der Waals surface area contributed by atoms with Crippen LogP contribution in [0.25, 0.3) is 11.5 Å². The Morgan fingerprint density at radius 1 is 0.565 bits per heavy atom. The average Bonchev–Trinajstić information content (AvgIpc) is 2.62. The van der Waals surface area contributed by atoms with Crippen molar-refractivity contribution in [2.45, 2.75) is 6.92 Å². The molecule has 0 amide bonds. The van der Waals surface area contributed by atoms with E-state index in [-0.39, 0.29) is 0 Å². The lowest BCUT2D eigenvalue weighted by atomic mass is 10.1. The molecule has 4 rings (SSSR count). The fraction of sp³-hybridized carbons (Fsp3) is 0.0476. The third-order valence-corrected chi connectivity index (χ3v) is 3.80. The smallest absolute Gasteiger partial charge is 0.177 e. The summed E-state index contributed by atoms with van der Waals surface area (Å²) in [6.45, 7) is 2.04. The van der Waals surface area contributed by atoms with Gasteiger partial charge in [-0.05, 0) is 24.6 Å². The van der Waals surface area contributed by atoms with Crippen molar-refractivity contribution in [2.24, 2.45) is 0 Å². The molecule has 23 heavy (non-hydrogen) atoms. The molecule has 1 aliphatic heterocycles. The highest BCUT2D eigenvalue weighted by Crippen LogP contribution is 2.41. The van der Waals surface area contributed by atoms with Crippen molar-refractivity contribution < 1.29 is 9.47 Å². The summed E-state index contributed by atoms with van der Waals surface area (Å²) in [5, 5.41) is 0. The van der Waals surface area contributed by atoms with Crippen LogP contribution < -0.4 is 9.47 Å². The van der Waals surface area contributed by atoms with Crippen LogP contribution in [-0.2, 0) is 0 Å². The van der Waals surface area contributed by atoms with E-state index >= 15 is 0 Å². The summed E-state index contributed by atoms with van der Waals surface area (Å²) >= 11 is 0. The van der Waals surface area contributed by atoms with E-state index in [1.165, 1.54) is 0 Å². The Kier molecular flexibility index (Phi) is 3.35. The van der Waals surface area contributed by atoms with Crippen LogP contribution in [0.5, 0.6) is 11.5 Å². The highest BCUT2D eigenvalue weighted by Gasteiger charge is 2.24. The molecule has 2 nitrogen and oxygen atoms in total. The van der Waals surface area contributed by atoms with Gasteiger partial charge in [0.15, 0.2) is 23.0 Å². The lowest BCUT2D eigenvalue weighted by Crippen LogP contribution is -2.10. The summed E-state index contributed by atoms with van der Waals surface area (Å²) in [7, 11) is 0. The first-order chi connectivity index (χ1) is 11.3. The molecular weight excluding hydrogens is 284 g/mol. The average molecular weight is 300 g/mol. The Bertz CT molecular complexity index is 865. The standard InChI is InChI=1S/C21H16O2/c1-15-12-13-18-19(14-15)23-21(17-10-6-3-7-11-17)20(22-18)16-8-4-2-5-9-16/h2-14H,1H3. The Morgan fingerprint density at radius 3 is 1.65 bits per heavy atom. The van der Waals surface area contributed by atoms with Gasteiger partial charge in [0, 0.05) is 11.1 Å². The Balaban J connectivity index is 1.89. The highest BCUT2D eigenvalue weighted by molar-refractivity contribution is 5.88. The zero-order valence-electron chi connectivity index (χ0n) is 12.8. The lowest BCUT2D eigenvalue weighted by molar-refractivity contribution is 0.406. The molecule has 0 radical (unpaired) electrons. The van der Waals surface area contributed by atoms with Crippen LogP contribution in [0.2, 0.25) is 0 Å². The summed E-state index contributed by atoms with van der Waals surface area (Å²) in [4.78, 5) is 0. The van der Waals surface area contributed by atoms with E-state index in [4.69, 9.17) is 9.47 Å². The molecule has 2 heteroatoms. The molecule has 112 valence electrons. The third kappa shape index (κ3) is 2.59. The molecule has 0 bridgehead atoms. The van der Waals surface area contributed by atoms with Crippen molar-refractivity contribution in [1.82, 2.24) is 0 Å². The van der Waals surface area contributed by atoms with Crippen molar-refractivity contribution in [3.05, 3.63) is 95.6 Å². The maximum Gasteiger partial charge on any atom is 0.177 e. The van der Waals surface area contributed by atoms with E-state index in [1.54, 1.807) is 0 Å². The second-order valence-corrected chi connectivity index (χ2v) is 5.54. The van der Waals surface area contributed by atoms with Gasteiger partial charge in [-0.1, -0.05) is 66.7 Å². The topological polar surface area (TPSA) is 18.5 Å². The minimum Gasteiger partial charge on any atom is -0.449 e. The van der Waals surface area contributed by atoms with E-state index in [9.17, 15) is 0 Å². The van der Waals surface area contributed by atoms with Crippen molar-refractivity contribution in [1.29, 1.82) is 0 Å². The lowest BCUT2D eigenvalue weighted by Gasteiger charge is -2.24. The van der Waals surface area contributed by atoms with E-state index in [0.717, 1.165) is 39.7 Å². The van der Waals surface area contributed by atoms with Crippen LogP contribution in [0.4, 0.5) is 0 Å². The maximum absolute atomic E-state index is 6.22. The second kappa shape index (κ2) is 5.65. The van der Waals surface area contributed by atoms with Gasteiger partial charge in [0.25, 0.3) is 0 Å². The van der Waals surface area contributed by atoms with Gasteiger partial charge in [-0.3, -0.25) is 0 Å². The molecule has 0 aromatic heterocycles. The number of benzene rings is 3. The Labute approximate surface area is 135 Å². The maximum atomic E-state index is 6.22. The van der Waals surface area contributed by atoms with Crippen molar-refractivity contribution in [3.63, 3.8) is 0 Å². The van der Waals surface area contributed by atoms with Gasteiger partial charge in [-0.2, -0.15) is 0 Å². The summed E-state index contributed by atoms with van der Waals surface area (Å²) in [5.74, 6) is 2.99. The quantitative estimate of drug-likeness (QED) is 0.640. The van der Waals surface area contributed by atoms with Crippen molar-refractivity contribution in [3.8, 4) is 11.5 Å². The Morgan fingerprint density at radius 2 is 1.09 bits per heavy atom. The summed E-state index contributed by atoms with van der Waals surface area (Å²) < 4.78 is 12.4. The van der Waals surface area contributed by atoms with E-state index < -0.39 is 0 Å². The van der Waals surface area contributed by atoms with Crippen LogP contribution in [0, 0.1) is 6.92 Å². The number of ether oxygens (including phenoxy) is 2. The van der Waals surface area contributed by atoms with Crippen LogP contribution in [0.3, 0.4) is 0 Å². The van der Waals surface area contributed by atoms with Gasteiger partial charge < -0.3 is 9.47 Å². The highest BCUT2D eigenvalue weighted by atomic mass is 16.6. The monoisotopic (exact) mass is 300 g/mol. The largest absolute Gasteiger partial charge is 0.449 e. The summed E-state index contributed by atoms with van der Waals surface area (Å²) in [6, 6.07) is 26.1. The molecule has 0 saturated heterocycles. The minimum absolute atomic E-state index is 0.744. The fourth-order valence-electron chi connectivity index (χ4n) is 2.65. The first kappa shape index (κ1) is 13.6. The summed E-state index contributed by atoms with van der Waals surface area (Å²) in [6.07, 6.45) is 0. The first-order valence-corrected chi connectivity index (χ1v) is 7.63. The first-order valence-electron chi connectivity index (χ1n) is 7.63. The predicted molar refractivity (Wildman–Crippen MR) is 92.1 cm³/mol. The van der Waals surface area contributed by atoms with Crippen molar-refractivity contribution in [2.75, 3.05) is 0 Å². The van der Waals surface area contributed by atoms with Crippen LogP contribution in [0.1, 0.15) is 16.7 Å². The molecule has 1 aliphatic rings. The number of hydrogen-bond acceptors (Lipinski definition) is 2. The molecule has 1 heterocycles. The third-order valence-electron chi connectivity index (χ3n) is 3.80. The molecule has 3 aromatic rings. The van der Waals surface area contributed by atoms with Gasteiger partial charge in [-0.25, -0.2) is 0 Å². The Hall–Kier alpha value is -3.00. The van der Waals surface area contributed by atoms with E-state index in [1.807, 2.05) is 85.8 Å². The molecular formula is C21H16O2. The molecule has 0 atom stereocenters. The number of rotatable bonds is 2. The van der Waals surface area contributed by atoms with Gasteiger partial charge in [-0.15, -0.1) is 0 Å². The van der Waals surface area contributed by atoms with Gasteiger partial charge >= 0.3 is 0 Å². The van der Waals surface area contributed by atoms with Crippen LogP contribution in [0.15, 0.2) is 78.9 Å². The van der Waals surface area contributed by atoms with Gasteiger partial charge in [0.2, 0.25) is 0 Å². The van der Waals surface area contributed by atoms with Crippen molar-refractivity contribution >= 4 is 11.5 Å². The minimum atomic E-state index is 0.744.